The molecule has 25 heavy (non-hydrogen) atoms. The van der Waals surface area contributed by atoms with E-state index in [4.69, 9.17) is 11.6 Å². The number of sulfonamides is 1. The van der Waals surface area contributed by atoms with Gasteiger partial charge in [0.25, 0.3) is 10.0 Å². The first-order valence-corrected chi connectivity index (χ1v) is 10.5. The molecule has 0 aliphatic carbocycles. The van der Waals surface area contributed by atoms with E-state index in [0.29, 0.717) is 21.8 Å². The van der Waals surface area contributed by atoms with Gasteiger partial charge in [-0.2, -0.15) is 0 Å². The smallest absolute Gasteiger partial charge is 0.262 e. The van der Waals surface area contributed by atoms with E-state index in [-0.39, 0.29) is 23.3 Å². The molecular formula is C17H21ClN2O3S2. The molecular weight excluding hydrogens is 380 g/mol. The van der Waals surface area contributed by atoms with E-state index in [2.05, 4.69) is 4.72 Å². The number of hydrogen-bond donors (Lipinski definition) is 1. The number of thiophene rings is 1. The first-order chi connectivity index (χ1) is 11.6. The Morgan fingerprint density at radius 3 is 2.64 bits per heavy atom. The summed E-state index contributed by atoms with van der Waals surface area (Å²) < 4.78 is 28.0. The van der Waals surface area contributed by atoms with Crippen molar-refractivity contribution < 1.29 is 13.2 Å². The van der Waals surface area contributed by atoms with Crippen molar-refractivity contribution in [3.05, 3.63) is 45.1 Å². The molecule has 0 aliphatic rings. The van der Waals surface area contributed by atoms with E-state index < -0.39 is 10.0 Å². The van der Waals surface area contributed by atoms with E-state index in [1.807, 2.05) is 13.8 Å². The zero-order valence-corrected chi connectivity index (χ0v) is 16.9. The second-order valence-electron chi connectivity index (χ2n) is 6.05. The average Bonchev–Trinajstić information content (AvgIpc) is 2.95. The Bertz CT molecular complexity index is 876. The molecule has 0 fully saturated rings. The largest absolute Gasteiger partial charge is 0.343 e. The topological polar surface area (TPSA) is 66.5 Å². The normalized spacial score (nSPS) is 11.6. The molecule has 136 valence electrons. The van der Waals surface area contributed by atoms with Gasteiger partial charge in [0, 0.05) is 23.5 Å². The Labute approximate surface area is 157 Å². The van der Waals surface area contributed by atoms with Crippen LogP contribution in [-0.4, -0.2) is 32.3 Å². The summed E-state index contributed by atoms with van der Waals surface area (Å²) >= 11 is 7.37. The summed E-state index contributed by atoms with van der Waals surface area (Å²) in [6.45, 7) is 5.51. The molecule has 0 unspecified atom stereocenters. The highest BCUT2D eigenvalue weighted by Gasteiger charge is 2.21. The minimum atomic E-state index is -3.78. The maximum absolute atomic E-state index is 12.7. The molecule has 1 aromatic carbocycles. The summed E-state index contributed by atoms with van der Waals surface area (Å²) in [6, 6.07) is 4.83. The number of amides is 1. The molecule has 0 radical (unpaired) electrons. The third-order valence-corrected chi connectivity index (χ3v) is 6.72. The molecule has 1 amide bonds. The van der Waals surface area contributed by atoms with Gasteiger partial charge in [0.1, 0.15) is 0 Å². The summed E-state index contributed by atoms with van der Waals surface area (Å²) in [4.78, 5) is 14.0. The molecule has 0 bridgehead atoms. The van der Waals surface area contributed by atoms with Crippen LogP contribution in [0, 0.1) is 6.92 Å². The number of anilines is 1. The number of rotatable bonds is 6. The van der Waals surface area contributed by atoms with E-state index in [0.717, 1.165) is 0 Å². The van der Waals surface area contributed by atoms with Crippen molar-refractivity contribution in [3.8, 4) is 0 Å². The van der Waals surface area contributed by atoms with Gasteiger partial charge in [0.05, 0.1) is 17.0 Å². The lowest BCUT2D eigenvalue weighted by Crippen LogP contribution is -2.34. The van der Waals surface area contributed by atoms with Crippen molar-refractivity contribution in [2.75, 3.05) is 11.8 Å². The SMILES string of the molecule is Cc1c(Cl)cccc1S(=O)(=O)Nc1cscc1CC(=O)N(C)C(C)C. The van der Waals surface area contributed by atoms with Crippen LogP contribution < -0.4 is 4.72 Å². The van der Waals surface area contributed by atoms with Gasteiger partial charge >= 0.3 is 0 Å². The molecule has 0 atom stereocenters. The van der Waals surface area contributed by atoms with Crippen LogP contribution >= 0.6 is 22.9 Å². The van der Waals surface area contributed by atoms with Crippen LogP contribution in [-0.2, 0) is 21.2 Å². The average molecular weight is 401 g/mol. The maximum atomic E-state index is 12.7. The van der Waals surface area contributed by atoms with Crippen molar-refractivity contribution in [3.63, 3.8) is 0 Å². The highest BCUT2D eigenvalue weighted by Crippen LogP contribution is 2.28. The maximum Gasteiger partial charge on any atom is 0.262 e. The molecule has 5 nitrogen and oxygen atoms in total. The lowest BCUT2D eigenvalue weighted by atomic mass is 10.2. The van der Waals surface area contributed by atoms with Crippen molar-refractivity contribution in [1.82, 2.24) is 4.90 Å². The predicted octanol–water partition coefficient (Wildman–Crippen LogP) is 3.92. The summed E-state index contributed by atoms with van der Waals surface area (Å²) in [5, 5.41) is 3.87. The Balaban J connectivity index is 2.26. The highest BCUT2D eigenvalue weighted by atomic mass is 35.5. The fourth-order valence-corrected chi connectivity index (χ4v) is 4.66. The molecule has 2 aromatic rings. The van der Waals surface area contributed by atoms with Crippen LogP contribution in [0.3, 0.4) is 0 Å². The Kier molecular flexibility index (Phi) is 6.13. The molecule has 0 spiro atoms. The standard InChI is InChI=1S/C17H21ClN2O3S2/c1-11(2)20(4)17(21)8-13-9-24-10-15(13)19-25(22,23)16-7-5-6-14(18)12(16)3/h5-7,9-11,19H,8H2,1-4H3. The van der Waals surface area contributed by atoms with Gasteiger partial charge in [-0.25, -0.2) is 8.42 Å². The summed E-state index contributed by atoms with van der Waals surface area (Å²) in [5.74, 6) is -0.0622. The zero-order valence-electron chi connectivity index (χ0n) is 14.5. The Morgan fingerprint density at radius 1 is 1.32 bits per heavy atom. The Hall–Kier alpha value is -1.57. The van der Waals surface area contributed by atoms with Crippen LogP contribution in [0.5, 0.6) is 0 Å². The van der Waals surface area contributed by atoms with Crippen molar-refractivity contribution >= 4 is 44.6 Å². The number of hydrogen-bond acceptors (Lipinski definition) is 4. The zero-order chi connectivity index (χ0) is 18.8. The summed E-state index contributed by atoms with van der Waals surface area (Å²) in [7, 11) is -2.05. The number of likely N-dealkylation sites (N-methyl/N-ethyl adjacent to an activating group) is 1. The van der Waals surface area contributed by atoms with Crippen LogP contribution in [0.1, 0.15) is 25.0 Å². The fraction of sp³-hybridized carbons (Fsp3) is 0.353. The van der Waals surface area contributed by atoms with E-state index >= 15 is 0 Å². The lowest BCUT2D eigenvalue weighted by molar-refractivity contribution is -0.130. The summed E-state index contributed by atoms with van der Waals surface area (Å²) in [5.41, 5.74) is 1.57. The molecule has 1 N–H and O–H groups in total. The highest BCUT2D eigenvalue weighted by molar-refractivity contribution is 7.92. The van der Waals surface area contributed by atoms with Crippen molar-refractivity contribution in [2.45, 2.75) is 38.1 Å². The second kappa shape index (κ2) is 7.76. The van der Waals surface area contributed by atoms with Gasteiger partial charge in [-0.15, -0.1) is 11.3 Å². The molecule has 0 aliphatic heterocycles. The predicted molar refractivity (Wildman–Crippen MR) is 103 cm³/mol. The van der Waals surface area contributed by atoms with Crippen LogP contribution in [0.25, 0.3) is 0 Å². The van der Waals surface area contributed by atoms with Crippen LogP contribution in [0.2, 0.25) is 5.02 Å². The lowest BCUT2D eigenvalue weighted by Gasteiger charge is -2.21. The van der Waals surface area contributed by atoms with Crippen LogP contribution in [0.15, 0.2) is 33.9 Å². The van der Waals surface area contributed by atoms with Gasteiger partial charge in [-0.3, -0.25) is 9.52 Å². The summed E-state index contributed by atoms with van der Waals surface area (Å²) in [6.07, 6.45) is 0.143. The van der Waals surface area contributed by atoms with E-state index in [1.165, 1.54) is 17.4 Å². The van der Waals surface area contributed by atoms with Crippen molar-refractivity contribution in [2.24, 2.45) is 0 Å². The molecule has 0 saturated carbocycles. The molecule has 1 aromatic heterocycles. The third-order valence-electron chi connectivity index (χ3n) is 4.00. The second-order valence-corrected chi connectivity index (χ2v) is 8.86. The van der Waals surface area contributed by atoms with E-state index in [9.17, 15) is 13.2 Å². The van der Waals surface area contributed by atoms with Gasteiger partial charge < -0.3 is 4.90 Å². The number of carbonyl (C=O) groups is 1. The molecule has 8 heteroatoms. The number of carbonyl (C=O) groups excluding carboxylic acids is 1. The number of benzene rings is 1. The van der Waals surface area contributed by atoms with E-state index in [1.54, 1.807) is 41.8 Å². The van der Waals surface area contributed by atoms with Gasteiger partial charge in [0.15, 0.2) is 0 Å². The quantitative estimate of drug-likeness (QED) is 0.799. The number of nitrogens with zero attached hydrogens (tertiary/aromatic N) is 1. The minimum Gasteiger partial charge on any atom is -0.343 e. The molecule has 0 saturated heterocycles. The van der Waals surface area contributed by atoms with Crippen molar-refractivity contribution in [1.29, 1.82) is 0 Å². The van der Waals surface area contributed by atoms with Gasteiger partial charge in [0.2, 0.25) is 5.91 Å². The Morgan fingerprint density at radius 2 is 2.00 bits per heavy atom. The first kappa shape index (κ1) is 19.8. The molecule has 1 heterocycles. The number of halogens is 1. The monoisotopic (exact) mass is 400 g/mol. The first-order valence-electron chi connectivity index (χ1n) is 7.72. The minimum absolute atomic E-state index is 0.0622. The van der Waals surface area contributed by atoms with Gasteiger partial charge in [-0.1, -0.05) is 17.7 Å². The van der Waals surface area contributed by atoms with Gasteiger partial charge in [-0.05, 0) is 49.4 Å². The van der Waals surface area contributed by atoms with Crippen LogP contribution in [0.4, 0.5) is 5.69 Å². The fourth-order valence-electron chi connectivity index (χ4n) is 2.20. The molecule has 2 rings (SSSR count). The third kappa shape index (κ3) is 4.54. The number of nitrogens with one attached hydrogen (secondary N) is 1.